The molecule has 0 atom stereocenters. The fraction of sp³-hybridized carbons (Fsp3) is 0.429. The first kappa shape index (κ1) is 15.9. The van der Waals surface area contributed by atoms with Crippen molar-refractivity contribution in [2.45, 2.75) is 39.2 Å². The second kappa shape index (κ2) is 6.36. The number of amides is 2. The van der Waals surface area contributed by atoms with E-state index in [1.807, 2.05) is 20.8 Å². The molecule has 20 heavy (non-hydrogen) atoms. The summed E-state index contributed by atoms with van der Waals surface area (Å²) in [7, 11) is 0. The zero-order valence-corrected chi connectivity index (χ0v) is 11.8. The molecule has 0 saturated carbocycles. The Kier molecular flexibility index (Phi) is 5.07. The van der Waals surface area contributed by atoms with Crippen molar-refractivity contribution in [1.82, 2.24) is 5.32 Å². The highest BCUT2D eigenvalue weighted by atomic mass is 19.1. The number of hydrogen-bond acceptors (Lipinski definition) is 2. The van der Waals surface area contributed by atoms with Gasteiger partial charge in [0.25, 0.3) is 0 Å². The first-order valence-corrected chi connectivity index (χ1v) is 6.37. The van der Waals surface area contributed by atoms with Crippen molar-refractivity contribution in [2.24, 2.45) is 0 Å². The second-order valence-electron chi connectivity index (χ2n) is 5.21. The lowest BCUT2D eigenvalue weighted by Gasteiger charge is -2.25. The molecule has 1 aromatic rings. The van der Waals surface area contributed by atoms with Crippen LogP contribution in [0.1, 0.15) is 44.0 Å². The number of carbonyl (C=O) groups is 2. The van der Waals surface area contributed by atoms with Crippen LogP contribution in [0.3, 0.4) is 0 Å². The van der Waals surface area contributed by atoms with Crippen LogP contribution < -0.4 is 10.6 Å². The number of anilines is 1. The van der Waals surface area contributed by atoms with Gasteiger partial charge in [0.15, 0.2) is 0 Å². The quantitative estimate of drug-likeness (QED) is 0.775. The van der Waals surface area contributed by atoms with E-state index in [1.165, 1.54) is 12.1 Å². The summed E-state index contributed by atoms with van der Waals surface area (Å²) < 4.78 is 13.6. The van der Waals surface area contributed by atoms with Crippen LogP contribution in [-0.4, -0.2) is 22.6 Å². The van der Waals surface area contributed by atoms with Crippen LogP contribution in [0.15, 0.2) is 18.2 Å². The van der Waals surface area contributed by atoms with Crippen molar-refractivity contribution < 1.29 is 19.1 Å². The average molecular weight is 282 g/mol. The number of carboxylic acid groups (broad SMARTS) is 1. The Hall–Kier alpha value is -2.11. The van der Waals surface area contributed by atoms with Crippen molar-refractivity contribution in [1.29, 1.82) is 0 Å². The molecule has 5 nitrogen and oxygen atoms in total. The maximum absolute atomic E-state index is 13.6. The van der Waals surface area contributed by atoms with E-state index in [2.05, 4.69) is 10.6 Å². The molecule has 0 radical (unpaired) electrons. The van der Waals surface area contributed by atoms with Gasteiger partial charge in [-0.2, -0.15) is 0 Å². The first-order valence-electron chi connectivity index (χ1n) is 6.37. The molecule has 1 rings (SSSR count). The summed E-state index contributed by atoms with van der Waals surface area (Å²) in [6.07, 6.45) is 1.70. The van der Waals surface area contributed by atoms with E-state index < -0.39 is 23.4 Å². The van der Waals surface area contributed by atoms with Gasteiger partial charge in [-0.1, -0.05) is 13.3 Å². The van der Waals surface area contributed by atoms with E-state index in [-0.39, 0.29) is 11.3 Å². The van der Waals surface area contributed by atoms with Crippen LogP contribution in [0.5, 0.6) is 0 Å². The van der Waals surface area contributed by atoms with Crippen LogP contribution in [0.4, 0.5) is 14.9 Å². The minimum atomic E-state index is -1.22. The predicted molar refractivity (Wildman–Crippen MR) is 74.5 cm³/mol. The summed E-state index contributed by atoms with van der Waals surface area (Å²) >= 11 is 0. The number of carbonyl (C=O) groups excluding carboxylic acids is 1. The third kappa shape index (κ3) is 4.53. The maximum Gasteiger partial charge on any atom is 0.335 e. The molecule has 1 aromatic carbocycles. The van der Waals surface area contributed by atoms with Crippen molar-refractivity contribution in [3.8, 4) is 0 Å². The lowest BCUT2D eigenvalue weighted by atomic mass is 9.99. The van der Waals surface area contributed by atoms with Crippen molar-refractivity contribution in [3.05, 3.63) is 29.6 Å². The molecule has 0 aliphatic heterocycles. The number of carboxylic acids is 1. The Morgan fingerprint density at radius 1 is 1.35 bits per heavy atom. The third-order valence-electron chi connectivity index (χ3n) is 2.79. The number of urea groups is 1. The summed E-state index contributed by atoms with van der Waals surface area (Å²) in [4.78, 5) is 22.4. The first-order chi connectivity index (χ1) is 9.25. The number of benzene rings is 1. The Balaban J connectivity index is 2.74. The Morgan fingerprint density at radius 3 is 2.50 bits per heavy atom. The molecule has 0 bridgehead atoms. The molecule has 6 heteroatoms. The molecule has 3 N–H and O–H groups in total. The van der Waals surface area contributed by atoms with Gasteiger partial charge < -0.3 is 15.7 Å². The highest BCUT2D eigenvalue weighted by Crippen LogP contribution is 2.17. The fourth-order valence-electron chi connectivity index (χ4n) is 1.90. The van der Waals surface area contributed by atoms with E-state index in [0.29, 0.717) is 0 Å². The Morgan fingerprint density at radius 2 is 2.00 bits per heavy atom. The highest BCUT2D eigenvalue weighted by Gasteiger charge is 2.20. The number of hydrogen-bond donors (Lipinski definition) is 3. The van der Waals surface area contributed by atoms with Crippen LogP contribution >= 0.6 is 0 Å². The minimum absolute atomic E-state index is 0.0557. The van der Waals surface area contributed by atoms with Gasteiger partial charge in [0.1, 0.15) is 5.82 Å². The molecule has 0 aromatic heterocycles. The predicted octanol–water partition coefficient (Wildman–Crippen LogP) is 3.22. The average Bonchev–Trinajstić information content (AvgIpc) is 2.30. The van der Waals surface area contributed by atoms with Crippen LogP contribution in [0.25, 0.3) is 0 Å². The standard InChI is InChI=1S/C14H19FN2O3/c1-4-7-14(2,3)17-13(20)16-11-6-5-9(12(18)19)8-10(11)15/h5-6,8H,4,7H2,1-3H3,(H,18,19)(H2,16,17,20). The number of halogens is 1. The van der Waals surface area contributed by atoms with Crippen molar-refractivity contribution in [3.63, 3.8) is 0 Å². The fourth-order valence-corrected chi connectivity index (χ4v) is 1.90. The van der Waals surface area contributed by atoms with Gasteiger partial charge in [-0.25, -0.2) is 14.0 Å². The number of aromatic carboxylic acids is 1. The van der Waals surface area contributed by atoms with Gasteiger partial charge in [-0.15, -0.1) is 0 Å². The van der Waals surface area contributed by atoms with Crippen LogP contribution in [0.2, 0.25) is 0 Å². The maximum atomic E-state index is 13.6. The van der Waals surface area contributed by atoms with Gasteiger partial charge in [0.2, 0.25) is 0 Å². The van der Waals surface area contributed by atoms with Crippen molar-refractivity contribution >= 4 is 17.7 Å². The summed E-state index contributed by atoms with van der Waals surface area (Å²) in [5.74, 6) is -2.00. The molecule has 0 heterocycles. The molecule has 0 aliphatic rings. The molecular weight excluding hydrogens is 263 g/mol. The van der Waals surface area contributed by atoms with Crippen molar-refractivity contribution in [2.75, 3.05) is 5.32 Å². The molecule has 2 amide bonds. The third-order valence-corrected chi connectivity index (χ3v) is 2.79. The Bertz CT molecular complexity index is 515. The molecular formula is C14H19FN2O3. The van der Waals surface area contributed by atoms with E-state index in [4.69, 9.17) is 5.11 Å². The van der Waals surface area contributed by atoms with E-state index >= 15 is 0 Å². The molecule has 0 saturated heterocycles. The summed E-state index contributed by atoms with van der Waals surface area (Å²) in [6, 6.07) is 2.81. The number of rotatable bonds is 5. The second-order valence-corrected chi connectivity index (χ2v) is 5.21. The van der Waals surface area contributed by atoms with Gasteiger partial charge in [-0.05, 0) is 38.5 Å². The van der Waals surface area contributed by atoms with E-state index in [0.717, 1.165) is 18.9 Å². The summed E-state index contributed by atoms with van der Waals surface area (Å²) in [6.45, 7) is 5.76. The normalized spacial score (nSPS) is 11.0. The van der Waals surface area contributed by atoms with E-state index in [1.54, 1.807) is 0 Å². The smallest absolute Gasteiger partial charge is 0.335 e. The monoisotopic (exact) mass is 282 g/mol. The topological polar surface area (TPSA) is 78.4 Å². The van der Waals surface area contributed by atoms with Gasteiger partial charge >= 0.3 is 12.0 Å². The lowest BCUT2D eigenvalue weighted by Crippen LogP contribution is -2.45. The van der Waals surface area contributed by atoms with Gasteiger partial charge in [-0.3, -0.25) is 0 Å². The molecule has 0 unspecified atom stereocenters. The molecule has 0 fully saturated rings. The van der Waals surface area contributed by atoms with Gasteiger partial charge in [0, 0.05) is 5.54 Å². The zero-order chi connectivity index (χ0) is 15.3. The Labute approximate surface area is 117 Å². The number of nitrogens with one attached hydrogen (secondary N) is 2. The summed E-state index contributed by atoms with van der Waals surface area (Å²) in [5, 5.41) is 13.8. The lowest BCUT2D eigenvalue weighted by molar-refractivity contribution is 0.0696. The van der Waals surface area contributed by atoms with Gasteiger partial charge in [0.05, 0.1) is 11.3 Å². The SMILES string of the molecule is CCCC(C)(C)NC(=O)Nc1ccc(C(=O)O)cc1F. The largest absolute Gasteiger partial charge is 0.478 e. The zero-order valence-electron chi connectivity index (χ0n) is 11.8. The highest BCUT2D eigenvalue weighted by molar-refractivity contribution is 5.92. The molecule has 0 aliphatic carbocycles. The molecule has 110 valence electrons. The minimum Gasteiger partial charge on any atom is -0.478 e. The molecule has 0 spiro atoms. The summed E-state index contributed by atoms with van der Waals surface area (Å²) in [5.41, 5.74) is -0.615. The van der Waals surface area contributed by atoms with E-state index in [9.17, 15) is 14.0 Å². The van der Waals surface area contributed by atoms with Crippen LogP contribution in [0, 0.1) is 5.82 Å². The van der Waals surface area contributed by atoms with Crippen LogP contribution in [-0.2, 0) is 0 Å².